The normalized spacial score (nSPS) is 30.4. The molecular formula is C17H30N4O2. The third-order valence-corrected chi connectivity index (χ3v) is 5.73. The molecule has 3 aliphatic heterocycles. The van der Waals surface area contributed by atoms with Gasteiger partial charge in [-0.15, -0.1) is 0 Å². The van der Waals surface area contributed by atoms with Crippen LogP contribution in [0.2, 0.25) is 0 Å². The van der Waals surface area contributed by atoms with E-state index in [4.69, 9.17) is 0 Å². The van der Waals surface area contributed by atoms with Crippen LogP contribution in [0, 0.1) is 5.92 Å². The van der Waals surface area contributed by atoms with Gasteiger partial charge < -0.3 is 9.80 Å². The molecule has 0 aromatic carbocycles. The van der Waals surface area contributed by atoms with E-state index in [0.29, 0.717) is 17.9 Å². The van der Waals surface area contributed by atoms with Crippen LogP contribution in [0.5, 0.6) is 0 Å². The first-order valence-electron chi connectivity index (χ1n) is 9.04. The molecule has 0 unspecified atom stereocenters. The summed E-state index contributed by atoms with van der Waals surface area (Å²) in [5, 5.41) is 0. The molecule has 0 aromatic rings. The summed E-state index contributed by atoms with van der Waals surface area (Å²) in [6, 6.07) is 0.596. The van der Waals surface area contributed by atoms with Gasteiger partial charge in [0.1, 0.15) is 0 Å². The van der Waals surface area contributed by atoms with E-state index in [9.17, 15) is 9.59 Å². The molecule has 0 saturated carbocycles. The lowest BCUT2D eigenvalue weighted by atomic mass is 10.0. The number of hydrogen-bond donors (Lipinski definition) is 0. The Morgan fingerprint density at radius 1 is 1.09 bits per heavy atom. The highest BCUT2D eigenvalue weighted by Crippen LogP contribution is 2.23. The lowest BCUT2D eigenvalue weighted by Crippen LogP contribution is -2.53. The molecule has 2 atom stereocenters. The average molecular weight is 322 g/mol. The van der Waals surface area contributed by atoms with Crippen molar-refractivity contribution in [3.05, 3.63) is 0 Å². The van der Waals surface area contributed by atoms with E-state index in [-0.39, 0.29) is 5.91 Å². The number of piperazine rings is 1. The minimum absolute atomic E-state index is 0.195. The lowest BCUT2D eigenvalue weighted by molar-refractivity contribution is -0.131. The number of hydrogen-bond acceptors (Lipinski definition) is 4. The van der Waals surface area contributed by atoms with Crippen molar-refractivity contribution in [2.24, 2.45) is 5.92 Å². The van der Waals surface area contributed by atoms with Crippen molar-refractivity contribution in [2.45, 2.75) is 32.7 Å². The third kappa shape index (κ3) is 3.86. The maximum absolute atomic E-state index is 11.7. The van der Waals surface area contributed by atoms with Gasteiger partial charge in [-0.2, -0.15) is 0 Å². The molecule has 0 bridgehead atoms. The summed E-state index contributed by atoms with van der Waals surface area (Å²) in [5.41, 5.74) is 0. The summed E-state index contributed by atoms with van der Waals surface area (Å²) in [5.74, 6) is 1.18. The van der Waals surface area contributed by atoms with Crippen molar-refractivity contribution in [1.82, 2.24) is 19.6 Å². The molecule has 3 heterocycles. The van der Waals surface area contributed by atoms with Gasteiger partial charge in [-0.25, -0.2) is 0 Å². The first-order valence-corrected chi connectivity index (χ1v) is 9.04. The van der Waals surface area contributed by atoms with E-state index < -0.39 is 0 Å². The topological polar surface area (TPSA) is 47.1 Å². The fraction of sp³-hybridized carbons (Fsp3) is 0.882. The van der Waals surface area contributed by atoms with Crippen LogP contribution >= 0.6 is 0 Å². The van der Waals surface area contributed by atoms with Crippen molar-refractivity contribution in [1.29, 1.82) is 0 Å². The number of rotatable bonds is 4. The zero-order valence-electron chi connectivity index (χ0n) is 14.5. The standard InChI is InChI=1S/C17H30N4O2/c1-14-12-18(6-7-21-5-3-4-17(21)23)13-16(14)20-10-8-19(9-11-20)15(2)22/h14,16H,3-13H2,1-2H3/t14-,16+/m1/s1. The van der Waals surface area contributed by atoms with Crippen molar-refractivity contribution in [3.8, 4) is 0 Å². The molecule has 3 fully saturated rings. The van der Waals surface area contributed by atoms with Gasteiger partial charge in [0.25, 0.3) is 0 Å². The van der Waals surface area contributed by atoms with Crippen LogP contribution in [-0.2, 0) is 9.59 Å². The zero-order chi connectivity index (χ0) is 16.4. The number of likely N-dealkylation sites (tertiary alicyclic amines) is 2. The summed E-state index contributed by atoms with van der Waals surface area (Å²) in [7, 11) is 0. The SMILES string of the molecule is CC(=O)N1CCN([C@H]2CN(CCN3CCCC3=O)C[C@H]2C)CC1. The Kier molecular flexibility index (Phi) is 5.21. The van der Waals surface area contributed by atoms with Gasteiger partial charge in [0.2, 0.25) is 11.8 Å². The van der Waals surface area contributed by atoms with Crippen molar-refractivity contribution in [2.75, 3.05) is 58.9 Å². The highest BCUT2D eigenvalue weighted by atomic mass is 16.2. The minimum atomic E-state index is 0.195. The van der Waals surface area contributed by atoms with Gasteiger partial charge in [-0.05, 0) is 12.3 Å². The fourth-order valence-electron chi connectivity index (χ4n) is 4.28. The quantitative estimate of drug-likeness (QED) is 0.736. The molecule has 0 N–H and O–H groups in total. The Morgan fingerprint density at radius 3 is 2.43 bits per heavy atom. The van der Waals surface area contributed by atoms with Crippen molar-refractivity contribution in [3.63, 3.8) is 0 Å². The van der Waals surface area contributed by atoms with E-state index in [0.717, 1.165) is 71.7 Å². The third-order valence-electron chi connectivity index (χ3n) is 5.73. The summed E-state index contributed by atoms with van der Waals surface area (Å²) < 4.78 is 0. The largest absolute Gasteiger partial charge is 0.341 e. The molecule has 6 heteroatoms. The van der Waals surface area contributed by atoms with Gasteiger partial charge in [0, 0.05) is 78.3 Å². The molecule has 130 valence electrons. The number of amides is 2. The molecule has 3 aliphatic rings. The smallest absolute Gasteiger partial charge is 0.222 e. The van der Waals surface area contributed by atoms with Gasteiger partial charge in [-0.3, -0.25) is 19.4 Å². The Labute approximate surface area is 139 Å². The Morgan fingerprint density at radius 2 is 1.83 bits per heavy atom. The van der Waals surface area contributed by atoms with Gasteiger partial charge in [0.05, 0.1) is 0 Å². The first kappa shape index (κ1) is 16.7. The molecule has 3 rings (SSSR count). The van der Waals surface area contributed by atoms with Crippen molar-refractivity contribution < 1.29 is 9.59 Å². The predicted molar refractivity (Wildman–Crippen MR) is 89.0 cm³/mol. The first-order chi connectivity index (χ1) is 11.0. The maximum atomic E-state index is 11.7. The summed E-state index contributed by atoms with van der Waals surface area (Å²) in [6.45, 7) is 12.8. The monoisotopic (exact) mass is 322 g/mol. The number of carbonyl (C=O) groups excluding carboxylic acids is 2. The summed E-state index contributed by atoms with van der Waals surface area (Å²) in [4.78, 5) is 32.2. The van der Waals surface area contributed by atoms with Crippen LogP contribution in [0.1, 0.15) is 26.7 Å². The Balaban J connectivity index is 1.45. The van der Waals surface area contributed by atoms with Crippen LogP contribution in [0.25, 0.3) is 0 Å². The second-order valence-corrected chi connectivity index (χ2v) is 7.33. The van der Waals surface area contributed by atoms with Crippen LogP contribution in [0.15, 0.2) is 0 Å². The number of nitrogens with zero attached hydrogens (tertiary/aromatic N) is 4. The second-order valence-electron chi connectivity index (χ2n) is 7.33. The van der Waals surface area contributed by atoms with E-state index in [1.807, 2.05) is 9.80 Å². The average Bonchev–Trinajstić information content (AvgIpc) is 3.11. The summed E-state index contributed by atoms with van der Waals surface area (Å²) in [6.07, 6.45) is 1.76. The molecule has 0 aromatic heterocycles. The fourth-order valence-corrected chi connectivity index (χ4v) is 4.28. The van der Waals surface area contributed by atoms with Gasteiger partial charge >= 0.3 is 0 Å². The Bertz CT molecular complexity index is 448. The maximum Gasteiger partial charge on any atom is 0.222 e. The van der Waals surface area contributed by atoms with Gasteiger partial charge in [0.15, 0.2) is 0 Å². The number of carbonyl (C=O) groups is 2. The zero-order valence-corrected chi connectivity index (χ0v) is 14.5. The molecule has 0 spiro atoms. The van der Waals surface area contributed by atoms with Crippen LogP contribution < -0.4 is 0 Å². The molecular weight excluding hydrogens is 292 g/mol. The second kappa shape index (κ2) is 7.18. The van der Waals surface area contributed by atoms with E-state index >= 15 is 0 Å². The lowest BCUT2D eigenvalue weighted by Gasteiger charge is -2.39. The summed E-state index contributed by atoms with van der Waals surface area (Å²) >= 11 is 0. The molecule has 2 amide bonds. The predicted octanol–water partition coefficient (Wildman–Crippen LogP) is 0.0932. The molecule has 23 heavy (non-hydrogen) atoms. The minimum Gasteiger partial charge on any atom is -0.341 e. The Hall–Kier alpha value is -1.14. The molecule has 0 aliphatic carbocycles. The highest BCUT2D eigenvalue weighted by molar-refractivity contribution is 5.78. The molecule has 3 saturated heterocycles. The van der Waals surface area contributed by atoms with E-state index in [1.54, 1.807) is 6.92 Å². The van der Waals surface area contributed by atoms with E-state index in [1.165, 1.54) is 0 Å². The molecule has 6 nitrogen and oxygen atoms in total. The van der Waals surface area contributed by atoms with Gasteiger partial charge in [-0.1, -0.05) is 6.92 Å². The van der Waals surface area contributed by atoms with Crippen LogP contribution in [0.4, 0.5) is 0 Å². The highest BCUT2D eigenvalue weighted by Gasteiger charge is 2.35. The van der Waals surface area contributed by atoms with Crippen molar-refractivity contribution >= 4 is 11.8 Å². The molecule has 0 radical (unpaired) electrons. The van der Waals surface area contributed by atoms with E-state index in [2.05, 4.69) is 16.7 Å². The van der Waals surface area contributed by atoms with Crippen LogP contribution in [-0.4, -0.2) is 96.4 Å². The van der Waals surface area contributed by atoms with Crippen LogP contribution in [0.3, 0.4) is 0 Å².